The average molecular weight is 368 g/mol. The summed E-state index contributed by atoms with van der Waals surface area (Å²) in [4.78, 5) is 15.2. The number of hydrogen-bond donors (Lipinski definition) is 1. The second kappa shape index (κ2) is 8.91. The monoisotopic (exact) mass is 368 g/mol. The second-order valence-electron chi connectivity index (χ2n) is 7.05. The number of piperidine rings is 1. The van der Waals surface area contributed by atoms with Gasteiger partial charge in [0.05, 0.1) is 19.8 Å². The molecule has 5 nitrogen and oxygen atoms in total. The van der Waals surface area contributed by atoms with Crippen molar-refractivity contribution in [1.82, 2.24) is 10.2 Å². The number of likely N-dealkylation sites (tertiary alicyclic amines) is 1. The normalized spacial score (nSPS) is 15.4. The number of nitrogens with one attached hydrogen (secondary N) is 1. The predicted molar refractivity (Wildman–Crippen MR) is 106 cm³/mol. The number of ether oxygens (including phenoxy) is 2. The van der Waals surface area contributed by atoms with Crippen LogP contribution in [0.15, 0.2) is 42.5 Å². The van der Waals surface area contributed by atoms with Gasteiger partial charge in [0.25, 0.3) is 5.91 Å². The first kappa shape index (κ1) is 19.2. The Morgan fingerprint density at radius 2 is 1.85 bits per heavy atom. The van der Waals surface area contributed by atoms with Crippen LogP contribution in [0.1, 0.15) is 34.3 Å². The van der Waals surface area contributed by atoms with Gasteiger partial charge in [-0.1, -0.05) is 35.9 Å². The zero-order chi connectivity index (χ0) is 19.2. The van der Waals surface area contributed by atoms with E-state index < -0.39 is 0 Å². The minimum atomic E-state index is -0.108. The Balaban J connectivity index is 1.55. The standard InChI is InChI=1S/C22H28N2O3/c1-16-6-4-7-17(14-16)15-24-12-10-18(11-13-24)23-22(25)19-8-5-9-20(26-2)21(19)27-3/h4-9,14,18H,10-13,15H2,1-3H3,(H,23,25). The van der Waals surface area contributed by atoms with Crippen molar-refractivity contribution in [3.05, 3.63) is 59.2 Å². The van der Waals surface area contributed by atoms with Crippen LogP contribution in [-0.4, -0.2) is 44.2 Å². The molecule has 1 N–H and O–H groups in total. The van der Waals surface area contributed by atoms with Gasteiger partial charge in [0.2, 0.25) is 0 Å². The fourth-order valence-electron chi connectivity index (χ4n) is 3.63. The summed E-state index contributed by atoms with van der Waals surface area (Å²) < 4.78 is 10.7. The van der Waals surface area contributed by atoms with Crippen molar-refractivity contribution in [1.29, 1.82) is 0 Å². The van der Waals surface area contributed by atoms with E-state index in [0.717, 1.165) is 32.5 Å². The zero-order valence-corrected chi connectivity index (χ0v) is 16.3. The molecule has 2 aromatic carbocycles. The summed E-state index contributed by atoms with van der Waals surface area (Å²) in [7, 11) is 3.13. The molecule has 1 amide bonds. The van der Waals surface area contributed by atoms with E-state index in [0.29, 0.717) is 17.1 Å². The maximum Gasteiger partial charge on any atom is 0.255 e. The Kier molecular flexibility index (Phi) is 6.35. The van der Waals surface area contributed by atoms with Crippen molar-refractivity contribution in [2.45, 2.75) is 32.4 Å². The molecule has 0 unspecified atom stereocenters. The highest BCUT2D eigenvalue weighted by Crippen LogP contribution is 2.30. The van der Waals surface area contributed by atoms with E-state index in [2.05, 4.69) is 41.4 Å². The molecule has 1 saturated heterocycles. The van der Waals surface area contributed by atoms with E-state index in [9.17, 15) is 4.79 Å². The van der Waals surface area contributed by atoms with E-state index in [-0.39, 0.29) is 11.9 Å². The maximum atomic E-state index is 12.7. The molecule has 0 atom stereocenters. The molecule has 0 spiro atoms. The molecule has 0 bridgehead atoms. The number of hydrogen-bond acceptors (Lipinski definition) is 4. The van der Waals surface area contributed by atoms with E-state index >= 15 is 0 Å². The van der Waals surface area contributed by atoms with Crippen molar-refractivity contribution >= 4 is 5.91 Å². The Morgan fingerprint density at radius 3 is 2.52 bits per heavy atom. The molecule has 1 aliphatic heterocycles. The molecule has 5 heteroatoms. The van der Waals surface area contributed by atoms with Gasteiger partial charge in [-0.3, -0.25) is 9.69 Å². The third-order valence-electron chi connectivity index (χ3n) is 5.06. The SMILES string of the molecule is COc1cccc(C(=O)NC2CCN(Cc3cccc(C)c3)CC2)c1OC. The van der Waals surface area contributed by atoms with Crippen molar-refractivity contribution in [3.63, 3.8) is 0 Å². The van der Waals surface area contributed by atoms with Gasteiger partial charge >= 0.3 is 0 Å². The van der Waals surface area contributed by atoms with Gasteiger partial charge in [0.1, 0.15) is 0 Å². The molecule has 2 aromatic rings. The van der Waals surface area contributed by atoms with Crippen LogP contribution in [0.3, 0.4) is 0 Å². The van der Waals surface area contributed by atoms with E-state index in [1.807, 2.05) is 0 Å². The number of rotatable bonds is 6. The molecular formula is C22H28N2O3. The first-order chi connectivity index (χ1) is 13.1. The second-order valence-corrected chi connectivity index (χ2v) is 7.05. The number of para-hydroxylation sites is 1. The molecule has 3 rings (SSSR count). The molecule has 144 valence electrons. The first-order valence-electron chi connectivity index (χ1n) is 9.40. The van der Waals surface area contributed by atoms with Crippen LogP contribution in [0.4, 0.5) is 0 Å². The van der Waals surface area contributed by atoms with Gasteiger partial charge in [0.15, 0.2) is 11.5 Å². The number of carbonyl (C=O) groups excluding carboxylic acids is 1. The lowest BCUT2D eigenvalue weighted by molar-refractivity contribution is 0.0905. The molecule has 1 heterocycles. The summed E-state index contributed by atoms with van der Waals surface area (Å²) in [6.07, 6.45) is 1.90. The van der Waals surface area contributed by atoms with Crippen LogP contribution in [0.5, 0.6) is 11.5 Å². The number of carbonyl (C=O) groups is 1. The van der Waals surface area contributed by atoms with E-state index in [4.69, 9.17) is 9.47 Å². The molecule has 1 aliphatic rings. The number of methoxy groups -OCH3 is 2. The Morgan fingerprint density at radius 1 is 1.11 bits per heavy atom. The Bertz CT molecular complexity index is 783. The van der Waals surface area contributed by atoms with Gasteiger partial charge in [0, 0.05) is 25.7 Å². The van der Waals surface area contributed by atoms with Crippen LogP contribution in [0.25, 0.3) is 0 Å². The molecule has 0 aliphatic carbocycles. The van der Waals surface area contributed by atoms with Gasteiger partial charge in [-0.25, -0.2) is 0 Å². The Labute approximate surface area is 161 Å². The fourth-order valence-corrected chi connectivity index (χ4v) is 3.63. The van der Waals surface area contributed by atoms with Crippen LogP contribution in [0.2, 0.25) is 0 Å². The van der Waals surface area contributed by atoms with E-state index in [1.54, 1.807) is 32.4 Å². The summed E-state index contributed by atoms with van der Waals surface area (Å²) in [5.41, 5.74) is 3.15. The van der Waals surface area contributed by atoms with E-state index in [1.165, 1.54) is 11.1 Å². The number of amides is 1. The molecule has 0 radical (unpaired) electrons. The average Bonchev–Trinajstić information content (AvgIpc) is 2.68. The summed E-state index contributed by atoms with van der Waals surface area (Å²) in [5, 5.41) is 3.15. The van der Waals surface area contributed by atoms with Crippen molar-refractivity contribution in [2.75, 3.05) is 27.3 Å². The van der Waals surface area contributed by atoms with Crippen LogP contribution >= 0.6 is 0 Å². The number of nitrogens with zero attached hydrogens (tertiary/aromatic N) is 1. The smallest absolute Gasteiger partial charge is 0.255 e. The van der Waals surface area contributed by atoms with Crippen molar-refractivity contribution in [3.8, 4) is 11.5 Å². The van der Waals surface area contributed by atoms with Gasteiger partial charge < -0.3 is 14.8 Å². The topological polar surface area (TPSA) is 50.8 Å². The number of aryl methyl sites for hydroxylation is 1. The van der Waals surface area contributed by atoms with Gasteiger partial charge in [-0.2, -0.15) is 0 Å². The summed E-state index contributed by atoms with van der Waals surface area (Å²) in [5.74, 6) is 0.940. The van der Waals surface area contributed by atoms with Gasteiger partial charge in [-0.15, -0.1) is 0 Å². The van der Waals surface area contributed by atoms with Crippen LogP contribution < -0.4 is 14.8 Å². The van der Waals surface area contributed by atoms with Crippen LogP contribution in [-0.2, 0) is 6.54 Å². The molecule has 0 aromatic heterocycles. The highest BCUT2D eigenvalue weighted by Gasteiger charge is 2.23. The third-order valence-corrected chi connectivity index (χ3v) is 5.06. The highest BCUT2D eigenvalue weighted by molar-refractivity contribution is 5.98. The molecule has 0 saturated carbocycles. The minimum absolute atomic E-state index is 0.108. The third kappa shape index (κ3) is 4.80. The minimum Gasteiger partial charge on any atom is -0.493 e. The van der Waals surface area contributed by atoms with Gasteiger partial charge in [-0.05, 0) is 37.5 Å². The largest absolute Gasteiger partial charge is 0.493 e. The lowest BCUT2D eigenvalue weighted by atomic mass is 10.0. The molecule has 27 heavy (non-hydrogen) atoms. The fraction of sp³-hybridized carbons (Fsp3) is 0.409. The van der Waals surface area contributed by atoms with Crippen molar-refractivity contribution < 1.29 is 14.3 Å². The number of benzene rings is 2. The lowest BCUT2D eigenvalue weighted by Crippen LogP contribution is -2.44. The summed E-state index contributed by atoms with van der Waals surface area (Å²) in [6.45, 7) is 5.05. The maximum absolute atomic E-state index is 12.7. The van der Waals surface area contributed by atoms with Crippen molar-refractivity contribution in [2.24, 2.45) is 0 Å². The lowest BCUT2D eigenvalue weighted by Gasteiger charge is -2.32. The molecular weight excluding hydrogens is 340 g/mol. The summed E-state index contributed by atoms with van der Waals surface area (Å²) >= 11 is 0. The first-order valence-corrected chi connectivity index (χ1v) is 9.40. The van der Waals surface area contributed by atoms with Crippen LogP contribution in [0, 0.1) is 6.92 Å². The molecule has 1 fully saturated rings. The highest BCUT2D eigenvalue weighted by atomic mass is 16.5. The predicted octanol–water partition coefficient (Wildman–Crippen LogP) is 3.41. The quantitative estimate of drug-likeness (QED) is 0.849. The Hall–Kier alpha value is -2.53. The summed E-state index contributed by atoms with van der Waals surface area (Å²) in [6, 6.07) is 14.2. The zero-order valence-electron chi connectivity index (χ0n) is 16.3.